The summed E-state index contributed by atoms with van der Waals surface area (Å²) in [6, 6.07) is 2.93. The highest BCUT2D eigenvalue weighted by Crippen LogP contribution is 2.20. The maximum absolute atomic E-state index is 11.5. The largest absolute Gasteiger partial charge is 0.492 e. The van der Waals surface area contributed by atoms with Crippen molar-refractivity contribution in [2.75, 3.05) is 26.0 Å². The van der Waals surface area contributed by atoms with E-state index in [0.29, 0.717) is 25.4 Å². The van der Waals surface area contributed by atoms with E-state index < -0.39 is 16.0 Å². The van der Waals surface area contributed by atoms with E-state index in [4.69, 9.17) is 9.84 Å². The Morgan fingerprint density at radius 3 is 2.86 bits per heavy atom. The quantitative estimate of drug-likeness (QED) is 0.864. The number of aromatic carboxylic acids is 1. The Morgan fingerprint density at radius 2 is 2.29 bits per heavy atom. The van der Waals surface area contributed by atoms with Gasteiger partial charge in [0.2, 0.25) is 10.0 Å². The molecule has 1 N–H and O–H groups in total. The standard InChI is InChI=1S/C13H18N2O5S/c1-21(18,19)15-6-2-3-10(8-15)9-20-11-4-5-12(13(16)17)14-7-11/h4-5,7,10H,2-3,6,8-9H2,1H3,(H,16,17). The Kier molecular flexibility index (Phi) is 4.79. The van der Waals surface area contributed by atoms with Crippen LogP contribution in [0.15, 0.2) is 18.3 Å². The first-order valence-electron chi connectivity index (χ1n) is 6.63. The monoisotopic (exact) mass is 314 g/mol. The van der Waals surface area contributed by atoms with Gasteiger partial charge in [0.15, 0.2) is 0 Å². The zero-order chi connectivity index (χ0) is 15.5. The fourth-order valence-electron chi connectivity index (χ4n) is 2.27. The summed E-state index contributed by atoms with van der Waals surface area (Å²) < 4.78 is 30.1. The predicted octanol–water partition coefficient (Wildman–Crippen LogP) is 0.830. The predicted molar refractivity (Wildman–Crippen MR) is 75.8 cm³/mol. The lowest BCUT2D eigenvalue weighted by atomic mass is 10.0. The molecule has 1 atom stereocenters. The number of carboxylic acids is 1. The van der Waals surface area contributed by atoms with Gasteiger partial charge in [0.05, 0.1) is 19.1 Å². The molecule has 0 saturated carbocycles. The van der Waals surface area contributed by atoms with Crippen LogP contribution in [-0.4, -0.2) is 54.7 Å². The summed E-state index contributed by atoms with van der Waals surface area (Å²) in [4.78, 5) is 14.4. The molecule has 8 heteroatoms. The van der Waals surface area contributed by atoms with Crippen LogP contribution in [0.3, 0.4) is 0 Å². The number of nitrogens with zero attached hydrogens (tertiary/aromatic N) is 2. The zero-order valence-corrected chi connectivity index (χ0v) is 12.5. The number of ether oxygens (including phenoxy) is 1. The summed E-state index contributed by atoms with van der Waals surface area (Å²) in [6.45, 7) is 1.41. The summed E-state index contributed by atoms with van der Waals surface area (Å²) in [5, 5.41) is 8.75. The molecule has 0 spiro atoms. The molecule has 1 aliphatic heterocycles. The third-order valence-corrected chi connectivity index (χ3v) is 4.66. The van der Waals surface area contributed by atoms with Crippen LogP contribution in [0.1, 0.15) is 23.3 Å². The highest BCUT2D eigenvalue weighted by molar-refractivity contribution is 7.88. The average Bonchev–Trinajstić information content (AvgIpc) is 2.45. The van der Waals surface area contributed by atoms with Gasteiger partial charge in [-0.1, -0.05) is 0 Å². The minimum Gasteiger partial charge on any atom is -0.492 e. The Bertz CT molecular complexity index is 599. The minimum absolute atomic E-state index is 0.0386. The van der Waals surface area contributed by atoms with E-state index >= 15 is 0 Å². The van der Waals surface area contributed by atoms with E-state index in [1.165, 1.54) is 22.8 Å². The van der Waals surface area contributed by atoms with Crippen molar-refractivity contribution >= 4 is 16.0 Å². The third kappa shape index (κ3) is 4.40. The number of rotatable bonds is 5. The van der Waals surface area contributed by atoms with E-state index in [-0.39, 0.29) is 11.6 Å². The van der Waals surface area contributed by atoms with Crippen molar-refractivity contribution in [2.45, 2.75) is 12.8 Å². The van der Waals surface area contributed by atoms with Crippen LogP contribution in [0.25, 0.3) is 0 Å². The van der Waals surface area contributed by atoms with Crippen molar-refractivity contribution in [3.63, 3.8) is 0 Å². The molecular weight excluding hydrogens is 296 g/mol. The maximum Gasteiger partial charge on any atom is 0.354 e. The number of carboxylic acid groups (broad SMARTS) is 1. The number of piperidine rings is 1. The Hall–Kier alpha value is -1.67. The van der Waals surface area contributed by atoms with Gasteiger partial charge in [0.1, 0.15) is 11.4 Å². The number of carbonyl (C=O) groups is 1. The Balaban J connectivity index is 1.89. The zero-order valence-electron chi connectivity index (χ0n) is 11.7. The first-order valence-corrected chi connectivity index (χ1v) is 8.48. The first-order chi connectivity index (χ1) is 9.86. The minimum atomic E-state index is -3.16. The van der Waals surface area contributed by atoms with Crippen LogP contribution >= 0.6 is 0 Å². The van der Waals surface area contributed by atoms with Crippen molar-refractivity contribution in [1.29, 1.82) is 0 Å². The van der Waals surface area contributed by atoms with Gasteiger partial charge >= 0.3 is 5.97 Å². The van der Waals surface area contributed by atoms with Gasteiger partial charge in [-0.3, -0.25) is 0 Å². The highest BCUT2D eigenvalue weighted by atomic mass is 32.2. The molecule has 0 bridgehead atoms. The van der Waals surface area contributed by atoms with Gasteiger partial charge in [-0.25, -0.2) is 22.5 Å². The second-order valence-corrected chi connectivity index (χ2v) is 7.11. The molecule has 0 radical (unpaired) electrons. The summed E-state index contributed by atoms with van der Waals surface area (Å²) >= 11 is 0. The van der Waals surface area contributed by atoms with Crippen LogP contribution in [0.4, 0.5) is 0 Å². The van der Waals surface area contributed by atoms with Crippen LogP contribution in [0.2, 0.25) is 0 Å². The lowest BCUT2D eigenvalue weighted by Crippen LogP contribution is -2.40. The maximum atomic E-state index is 11.5. The fourth-order valence-corrected chi connectivity index (χ4v) is 3.21. The second-order valence-electron chi connectivity index (χ2n) is 5.12. The molecule has 1 unspecified atom stereocenters. The average molecular weight is 314 g/mol. The normalized spacial score (nSPS) is 20.1. The molecule has 0 aliphatic carbocycles. The number of pyridine rings is 1. The van der Waals surface area contributed by atoms with Crippen LogP contribution < -0.4 is 4.74 Å². The highest BCUT2D eigenvalue weighted by Gasteiger charge is 2.26. The molecule has 7 nitrogen and oxygen atoms in total. The Labute approximate surface area is 123 Å². The fraction of sp³-hybridized carbons (Fsp3) is 0.538. The van der Waals surface area contributed by atoms with Gasteiger partial charge in [-0.2, -0.15) is 0 Å². The number of hydrogen-bond acceptors (Lipinski definition) is 5. The molecule has 2 rings (SSSR count). The van der Waals surface area contributed by atoms with E-state index in [1.807, 2.05) is 0 Å². The SMILES string of the molecule is CS(=O)(=O)N1CCCC(COc2ccc(C(=O)O)nc2)C1. The molecule has 1 fully saturated rings. The summed E-state index contributed by atoms with van der Waals surface area (Å²) in [7, 11) is -3.16. The van der Waals surface area contributed by atoms with Crippen LogP contribution in [0.5, 0.6) is 5.75 Å². The van der Waals surface area contributed by atoms with E-state index in [0.717, 1.165) is 12.8 Å². The van der Waals surface area contributed by atoms with E-state index in [9.17, 15) is 13.2 Å². The molecule has 1 saturated heterocycles. The van der Waals surface area contributed by atoms with Crippen molar-refractivity contribution in [3.05, 3.63) is 24.0 Å². The summed E-state index contributed by atoms with van der Waals surface area (Å²) in [5.74, 6) is -0.471. The smallest absolute Gasteiger partial charge is 0.354 e. The molecule has 1 aromatic heterocycles. The third-order valence-electron chi connectivity index (χ3n) is 3.39. The van der Waals surface area contributed by atoms with Crippen molar-refractivity contribution in [1.82, 2.24) is 9.29 Å². The van der Waals surface area contributed by atoms with Gasteiger partial charge < -0.3 is 9.84 Å². The van der Waals surface area contributed by atoms with E-state index in [1.54, 1.807) is 6.07 Å². The second kappa shape index (κ2) is 6.40. The topological polar surface area (TPSA) is 96.8 Å². The van der Waals surface area contributed by atoms with Crippen molar-refractivity contribution < 1.29 is 23.1 Å². The number of hydrogen-bond donors (Lipinski definition) is 1. The lowest BCUT2D eigenvalue weighted by Gasteiger charge is -2.30. The van der Waals surface area contributed by atoms with Crippen LogP contribution in [-0.2, 0) is 10.0 Å². The lowest BCUT2D eigenvalue weighted by molar-refractivity contribution is 0.0690. The van der Waals surface area contributed by atoms with Gasteiger partial charge in [0, 0.05) is 19.0 Å². The molecule has 2 heterocycles. The molecule has 0 amide bonds. The molecule has 116 valence electrons. The molecular formula is C13H18N2O5S. The van der Waals surface area contributed by atoms with Crippen molar-refractivity contribution in [3.8, 4) is 5.75 Å². The number of sulfonamides is 1. The van der Waals surface area contributed by atoms with E-state index in [2.05, 4.69) is 4.98 Å². The van der Waals surface area contributed by atoms with Crippen molar-refractivity contribution in [2.24, 2.45) is 5.92 Å². The molecule has 21 heavy (non-hydrogen) atoms. The molecule has 0 aromatic carbocycles. The summed E-state index contributed by atoms with van der Waals surface area (Å²) in [6.07, 6.45) is 4.30. The van der Waals surface area contributed by atoms with Crippen LogP contribution in [0, 0.1) is 5.92 Å². The first kappa shape index (κ1) is 15.7. The van der Waals surface area contributed by atoms with Gasteiger partial charge in [0.25, 0.3) is 0 Å². The molecule has 1 aromatic rings. The van der Waals surface area contributed by atoms with Gasteiger partial charge in [-0.05, 0) is 25.0 Å². The summed E-state index contributed by atoms with van der Waals surface area (Å²) in [5.41, 5.74) is -0.0386. The number of aromatic nitrogens is 1. The Morgan fingerprint density at radius 1 is 1.52 bits per heavy atom. The van der Waals surface area contributed by atoms with Gasteiger partial charge in [-0.15, -0.1) is 0 Å². The molecule has 1 aliphatic rings.